The van der Waals surface area contributed by atoms with Crippen molar-refractivity contribution in [1.82, 2.24) is 0 Å². The molecule has 2 fully saturated rings. The Kier molecular flexibility index (Phi) is 5.69. The van der Waals surface area contributed by atoms with E-state index in [1.54, 1.807) is 6.08 Å². The van der Waals surface area contributed by atoms with Gasteiger partial charge in [0.15, 0.2) is 0 Å². The van der Waals surface area contributed by atoms with Crippen molar-refractivity contribution in [3.63, 3.8) is 0 Å². The van der Waals surface area contributed by atoms with Crippen molar-refractivity contribution in [3.05, 3.63) is 42.0 Å². The Morgan fingerprint density at radius 1 is 1.14 bits per heavy atom. The first kappa shape index (κ1) is 20.6. The van der Waals surface area contributed by atoms with Crippen molar-refractivity contribution < 1.29 is 19.4 Å². The highest BCUT2D eigenvalue weighted by molar-refractivity contribution is 5.87. The average molecular weight is 385 g/mol. The fourth-order valence-electron chi connectivity index (χ4n) is 5.58. The van der Waals surface area contributed by atoms with Crippen LogP contribution < -0.4 is 0 Å². The maximum atomic E-state index is 12.7. The van der Waals surface area contributed by atoms with Crippen LogP contribution in [0, 0.1) is 28.6 Å². The van der Waals surface area contributed by atoms with E-state index in [2.05, 4.69) is 20.8 Å². The Hall–Kier alpha value is -2.10. The minimum absolute atomic E-state index is 0.0907. The van der Waals surface area contributed by atoms with Gasteiger partial charge in [-0.2, -0.15) is 0 Å². The maximum absolute atomic E-state index is 12.7. The van der Waals surface area contributed by atoms with E-state index in [1.807, 2.05) is 37.3 Å². The Morgan fingerprint density at radius 3 is 2.43 bits per heavy atom. The zero-order chi connectivity index (χ0) is 20.5. The molecule has 0 aliphatic heterocycles. The van der Waals surface area contributed by atoms with E-state index in [-0.39, 0.29) is 29.3 Å². The van der Waals surface area contributed by atoms with Gasteiger partial charge in [0.1, 0.15) is 6.10 Å². The summed E-state index contributed by atoms with van der Waals surface area (Å²) in [4.78, 5) is 24.9. The fraction of sp³-hybridized carbons (Fsp3) is 0.583. The van der Waals surface area contributed by atoms with Gasteiger partial charge in [-0.25, -0.2) is 4.79 Å². The quantitative estimate of drug-likeness (QED) is 0.561. The van der Waals surface area contributed by atoms with E-state index >= 15 is 0 Å². The van der Waals surface area contributed by atoms with Crippen LogP contribution in [0.4, 0.5) is 0 Å². The van der Waals surface area contributed by atoms with Crippen molar-refractivity contribution in [2.24, 2.45) is 28.6 Å². The predicted molar refractivity (Wildman–Crippen MR) is 109 cm³/mol. The van der Waals surface area contributed by atoms with Gasteiger partial charge in [0.25, 0.3) is 0 Å². The largest absolute Gasteiger partial charge is 0.481 e. The molecule has 2 aliphatic rings. The molecule has 2 saturated carbocycles. The third-order valence-electron chi connectivity index (χ3n) is 7.26. The Labute approximate surface area is 168 Å². The van der Waals surface area contributed by atoms with E-state index in [9.17, 15) is 14.7 Å². The zero-order valence-corrected chi connectivity index (χ0v) is 17.4. The second-order valence-corrected chi connectivity index (χ2v) is 9.45. The lowest BCUT2D eigenvalue weighted by Crippen LogP contribution is -2.53. The summed E-state index contributed by atoms with van der Waals surface area (Å²) in [6.07, 6.45) is 6.33. The van der Waals surface area contributed by atoms with Crippen LogP contribution in [0.3, 0.4) is 0 Å². The number of carbonyl (C=O) groups is 2. The molecular weight excluding hydrogens is 352 g/mol. The highest BCUT2D eigenvalue weighted by Crippen LogP contribution is 2.62. The highest BCUT2D eigenvalue weighted by atomic mass is 16.5. The first-order chi connectivity index (χ1) is 13.2. The SMILES string of the molecule is CC(C)[C@@H]1CC[C@]2(C)CC[C@@](C)(C(=O)O)[C@H]2[C@@H]1OC(=O)C=Cc1ccccc1. The molecule has 1 N–H and O–H groups in total. The molecule has 0 bridgehead atoms. The van der Waals surface area contributed by atoms with Crippen LogP contribution in [0.15, 0.2) is 36.4 Å². The number of rotatable bonds is 5. The van der Waals surface area contributed by atoms with Gasteiger partial charge in [-0.1, -0.05) is 51.1 Å². The van der Waals surface area contributed by atoms with E-state index in [1.165, 1.54) is 6.08 Å². The third kappa shape index (κ3) is 3.74. The molecule has 0 amide bonds. The monoisotopic (exact) mass is 384 g/mol. The Balaban J connectivity index is 1.88. The number of esters is 1. The van der Waals surface area contributed by atoms with Crippen molar-refractivity contribution in [1.29, 1.82) is 0 Å². The van der Waals surface area contributed by atoms with E-state index < -0.39 is 11.4 Å². The van der Waals surface area contributed by atoms with Crippen molar-refractivity contribution in [2.75, 3.05) is 0 Å². The van der Waals surface area contributed by atoms with Gasteiger partial charge < -0.3 is 9.84 Å². The minimum atomic E-state index is -0.851. The topological polar surface area (TPSA) is 63.6 Å². The van der Waals surface area contributed by atoms with Crippen molar-refractivity contribution in [3.8, 4) is 0 Å². The summed E-state index contributed by atoms with van der Waals surface area (Å²) in [7, 11) is 0. The summed E-state index contributed by atoms with van der Waals surface area (Å²) in [6, 6.07) is 9.62. The minimum Gasteiger partial charge on any atom is -0.481 e. The lowest BCUT2D eigenvalue weighted by Gasteiger charge is -2.50. The Bertz CT molecular complexity index is 753. The lowest BCUT2D eigenvalue weighted by molar-refractivity contribution is -0.176. The smallest absolute Gasteiger partial charge is 0.331 e. The summed E-state index contributed by atoms with van der Waals surface area (Å²) in [5.41, 5.74) is -0.00665. The maximum Gasteiger partial charge on any atom is 0.331 e. The number of benzene rings is 1. The second-order valence-electron chi connectivity index (χ2n) is 9.45. The summed E-state index contributed by atoms with van der Waals surface area (Å²) < 4.78 is 6.02. The summed E-state index contributed by atoms with van der Waals surface area (Å²) in [5.74, 6) is -0.800. The summed E-state index contributed by atoms with van der Waals surface area (Å²) in [6.45, 7) is 8.31. The second kappa shape index (κ2) is 7.73. The van der Waals surface area contributed by atoms with Gasteiger partial charge in [-0.05, 0) is 61.5 Å². The number of fused-ring (bicyclic) bond motifs is 1. The van der Waals surface area contributed by atoms with Crippen LogP contribution in [0.25, 0.3) is 6.08 Å². The van der Waals surface area contributed by atoms with Gasteiger partial charge in [0, 0.05) is 12.0 Å². The van der Waals surface area contributed by atoms with Gasteiger partial charge >= 0.3 is 11.9 Å². The molecule has 4 nitrogen and oxygen atoms in total. The number of aliphatic carboxylic acids is 1. The van der Waals surface area contributed by atoms with Crippen molar-refractivity contribution in [2.45, 2.75) is 59.5 Å². The molecule has 1 aromatic carbocycles. The van der Waals surface area contributed by atoms with E-state index in [0.717, 1.165) is 24.8 Å². The predicted octanol–water partition coefficient (Wildman–Crippen LogP) is 5.18. The standard InChI is InChI=1S/C24H32O4/c1-16(2)18-12-13-23(3)14-15-24(4,22(26)27)21(23)20(18)28-19(25)11-10-17-8-6-5-7-9-17/h5-11,16,18,20-21H,12-15H2,1-4H3,(H,26,27)/t18-,20+,21-,23+,24+/m0/s1. The lowest BCUT2D eigenvalue weighted by atomic mass is 9.57. The molecule has 0 aromatic heterocycles. The van der Waals surface area contributed by atoms with Crippen molar-refractivity contribution >= 4 is 18.0 Å². The van der Waals surface area contributed by atoms with Crippen LogP contribution >= 0.6 is 0 Å². The Morgan fingerprint density at radius 2 is 1.82 bits per heavy atom. The average Bonchev–Trinajstić information content (AvgIpc) is 2.94. The number of carbonyl (C=O) groups excluding carboxylic acids is 1. The molecule has 0 radical (unpaired) electrons. The molecule has 4 heteroatoms. The van der Waals surface area contributed by atoms with Crippen LogP contribution in [0.1, 0.15) is 58.9 Å². The van der Waals surface area contributed by atoms with Gasteiger partial charge in [-0.15, -0.1) is 0 Å². The fourth-order valence-corrected chi connectivity index (χ4v) is 5.58. The molecular formula is C24H32O4. The summed E-state index contributed by atoms with van der Waals surface area (Å²) in [5, 5.41) is 10.0. The molecule has 0 spiro atoms. The third-order valence-corrected chi connectivity index (χ3v) is 7.26. The van der Waals surface area contributed by atoms with Crippen LogP contribution in [-0.4, -0.2) is 23.1 Å². The molecule has 1 aromatic rings. The number of ether oxygens (including phenoxy) is 1. The molecule has 5 atom stereocenters. The van der Waals surface area contributed by atoms with Gasteiger partial charge in [-0.3, -0.25) is 4.79 Å². The number of hydrogen-bond acceptors (Lipinski definition) is 3. The number of carboxylic acid groups (broad SMARTS) is 1. The summed E-state index contributed by atoms with van der Waals surface area (Å²) >= 11 is 0. The molecule has 152 valence electrons. The zero-order valence-electron chi connectivity index (χ0n) is 17.4. The van der Waals surface area contributed by atoms with E-state index in [4.69, 9.17) is 4.74 Å². The normalized spacial score (nSPS) is 35.1. The van der Waals surface area contributed by atoms with Crippen LogP contribution in [0.5, 0.6) is 0 Å². The molecule has 3 rings (SSSR count). The molecule has 2 aliphatic carbocycles. The van der Waals surface area contributed by atoms with Gasteiger partial charge in [0.05, 0.1) is 5.41 Å². The number of carboxylic acids is 1. The first-order valence-corrected chi connectivity index (χ1v) is 10.3. The molecule has 0 unspecified atom stereocenters. The highest BCUT2D eigenvalue weighted by Gasteiger charge is 2.63. The first-order valence-electron chi connectivity index (χ1n) is 10.3. The molecule has 0 heterocycles. The van der Waals surface area contributed by atoms with Gasteiger partial charge in [0.2, 0.25) is 0 Å². The molecule has 0 saturated heterocycles. The number of hydrogen-bond donors (Lipinski definition) is 1. The van der Waals surface area contributed by atoms with Crippen LogP contribution in [-0.2, 0) is 14.3 Å². The molecule has 28 heavy (non-hydrogen) atoms. The van der Waals surface area contributed by atoms with E-state index in [0.29, 0.717) is 12.3 Å². The van der Waals surface area contributed by atoms with Crippen LogP contribution in [0.2, 0.25) is 0 Å².